The van der Waals surface area contributed by atoms with Gasteiger partial charge in [0.05, 0.1) is 28.6 Å². The van der Waals surface area contributed by atoms with Gasteiger partial charge in [0.25, 0.3) is 0 Å². The maximum absolute atomic E-state index is 16.2. The van der Waals surface area contributed by atoms with Gasteiger partial charge in [-0.2, -0.15) is 13.2 Å². The van der Waals surface area contributed by atoms with E-state index in [-0.39, 0.29) is 36.2 Å². The minimum Gasteiger partial charge on any atom is -0.384 e. The topological polar surface area (TPSA) is 102 Å². The number of urea groups is 1. The summed E-state index contributed by atoms with van der Waals surface area (Å²) in [6.45, 7) is 5.21. The lowest BCUT2D eigenvalue weighted by Gasteiger charge is -2.50. The predicted molar refractivity (Wildman–Crippen MR) is 156 cm³/mol. The normalized spacial score (nSPS) is 21.1. The fraction of sp³-hybridized carbons (Fsp3) is 0.344. The number of hydrogen-bond acceptors (Lipinski definition) is 5. The van der Waals surface area contributed by atoms with Crippen molar-refractivity contribution in [3.63, 3.8) is 0 Å². The van der Waals surface area contributed by atoms with Gasteiger partial charge < -0.3 is 10.1 Å². The molecule has 2 saturated heterocycles. The van der Waals surface area contributed by atoms with Gasteiger partial charge in [0.1, 0.15) is 5.82 Å². The van der Waals surface area contributed by atoms with E-state index in [0.717, 1.165) is 17.8 Å². The number of fused-ring (bicyclic) bond motifs is 1. The molecule has 2 aliphatic heterocycles. The van der Waals surface area contributed by atoms with Gasteiger partial charge in [0, 0.05) is 60.9 Å². The highest BCUT2D eigenvalue weighted by Crippen LogP contribution is 2.48. The number of carbonyl (C=O) groups is 2. The quantitative estimate of drug-likeness (QED) is 0.243. The number of aromatic amines is 1. The highest BCUT2D eigenvalue weighted by atomic mass is 19.4. The first-order chi connectivity index (χ1) is 20.7. The smallest absolute Gasteiger partial charge is 0.384 e. The van der Waals surface area contributed by atoms with Crippen LogP contribution in [0.25, 0.3) is 22.0 Å². The lowest BCUT2D eigenvalue weighted by atomic mass is 9.66. The third-order valence-electron chi connectivity index (χ3n) is 8.78. The number of pyridine rings is 1. The second-order valence-corrected chi connectivity index (χ2v) is 12.1. The van der Waals surface area contributed by atoms with Gasteiger partial charge in [0.2, 0.25) is 5.91 Å². The molecule has 0 saturated carbocycles. The number of H-pyrrole nitrogens is 1. The highest BCUT2D eigenvalue weighted by Gasteiger charge is 2.50. The van der Waals surface area contributed by atoms with E-state index < -0.39 is 34.6 Å². The second kappa shape index (κ2) is 10.7. The number of amides is 3. The fourth-order valence-electron chi connectivity index (χ4n) is 6.31. The van der Waals surface area contributed by atoms with Crippen LogP contribution in [0.15, 0.2) is 60.9 Å². The number of rotatable bonds is 5. The van der Waals surface area contributed by atoms with Gasteiger partial charge in [-0.05, 0) is 47.9 Å². The monoisotopic (exact) mass is 609 g/mol. The first kappa shape index (κ1) is 29.8. The molecule has 4 heterocycles. The molecule has 44 heavy (non-hydrogen) atoms. The second-order valence-electron chi connectivity index (χ2n) is 12.1. The van der Waals surface area contributed by atoms with Crippen LogP contribution in [-0.4, -0.2) is 51.5 Å². The van der Waals surface area contributed by atoms with Crippen molar-refractivity contribution in [3.8, 4) is 11.1 Å². The predicted octanol–water partition coefficient (Wildman–Crippen LogP) is 5.95. The van der Waals surface area contributed by atoms with Crippen LogP contribution in [0.5, 0.6) is 0 Å². The molecule has 3 amide bonds. The molecule has 2 aliphatic rings. The lowest BCUT2D eigenvalue weighted by molar-refractivity contribution is -0.137. The van der Waals surface area contributed by atoms with E-state index in [1.165, 1.54) is 23.2 Å². The molecule has 0 spiro atoms. The van der Waals surface area contributed by atoms with Crippen molar-refractivity contribution in [1.29, 1.82) is 0 Å². The lowest BCUT2D eigenvalue weighted by Crippen LogP contribution is -2.55. The number of benzene rings is 2. The van der Waals surface area contributed by atoms with Crippen molar-refractivity contribution >= 4 is 28.5 Å². The van der Waals surface area contributed by atoms with Gasteiger partial charge >= 0.3 is 12.2 Å². The Morgan fingerprint density at radius 2 is 1.84 bits per heavy atom. The SMILES string of the molecule is CC1(C)CN(Cc2cc(-c3cccc(C(F)(F)F)c3)c[nH]2)CC[C@]1(O)c1ccc2ncc(N3CCC(=O)NC3=O)cc2c1F. The van der Waals surface area contributed by atoms with E-state index in [9.17, 15) is 27.9 Å². The summed E-state index contributed by atoms with van der Waals surface area (Å²) >= 11 is 0. The third kappa shape index (κ3) is 5.32. The van der Waals surface area contributed by atoms with E-state index >= 15 is 4.39 Å². The number of halogens is 4. The molecular formula is C32H31F4N5O3. The molecule has 2 aromatic heterocycles. The molecule has 230 valence electrons. The number of aliphatic hydroxyl groups is 1. The van der Waals surface area contributed by atoms with Crippen LogP contribution in [0.4, 0.5) is 28.0 Å². The molecule has 0 unspecified atom stereocenters. The van der Waals surface area contributed by atoms with Gasteiger partial charge in [0.15, 0.2) is 0 Å². The maximum atomic E-state index is 16.2. The van der Waals surface area contributed by atoms with Crippen LogP contribution in [0.2, 0.25) is 0 Å². The number of carbonyl (C=O) groups excluding carboxylic acids is 2. The minimum atomic E-state index is -4.43. The van der Waals surface area contributed by atoms with Crippen molar-refractivity contribution in [2.24, 2.45) is 5.41 Å². The molecule has 8 nitrogen and oxygen atoms in total. The maximum Gasteiger partial charge on any atom is 0.416 e. The number of likely N-dealkylation sites (tertiary alicyclic amines) is 1. The standard InChI is InChI=1S/C32H31F4N5O3/c1-30(2)18-40(17-22-13-20(15-37-22)19-4-3-5-21(12-19)32(34,35)36)11-9-31(30,44)25-6-7-26-24(28(25)33)14-23(16-38-26)41-10-8-27(42)39-29(41)43/h3-7,12-16,37,44H,8-11,17-18H2,1-2H3,(H,39,42,43)/t31-/m0/s1. The van der Waals surface area contributed by atoms with Gasteiger partial charge in [-0.25, -0.2) is 9.18 Å². The highest BCUT2D eigenvalue weighted by molar-refractivity contribution is 6.06. The van der Waals surface area contributed by atoms with E-state index in [1.807, 2.05) is 19.9 Å². The number of anilines is 1. The van der Waals surface area contributed by atoms with Gasteiger partial charge in [-0.1, -0.05) is 32.0 Å². The first-order valence-electron chi connectivity index (χ1n) is 14.2. The van der Waals surface area contributed by atoms with E-state index in [4.69, 9.17) is 0 Å². The van der Waals surface area contributed by atoms with Crippen LogP contribution in [-0.2, 0) is 23.1 Å². The molecule has 2 aromatic carbocycles. The van der Waals surface area contributed by atoms with Crippen LogP contribution < -0.4 is 10.2 Å². The molecule has 0 bridgehead atoms. The molecule has 0 aliphatic carbocycles. The number of hydrogen-bond donors (Lipinski definition) is 3. The van der Waals surface area contributed by atoms with E-state index in [1.54, 1.807) is 24.4 Å². The van der Waals surface area contributed by atoms with Gasteiger partial charge in [-0.15, -0.1) is 0 Å². The van der Waals surface area contributed by atoms with Crippen LogP contribution in [0.3, 0.4) is 0 Å². The number of aromatic nitrogens is 2. The number of nitrogens with zero attached hydrogens (tertiary/aromatic N) is 3. The Bertz CT molecular complexity index is 1770. The van der Waals surface area contributed by atoms with E-state index in [2.05, 4.69) is 20.2 Å². The van der Waals surface area contributed by atoms with Gasteiger partial charge in [-0.3, -0.25) is 24.9 Å². The fourth-order valence-corrected chi connectivity index (χ4v) is 6.31. The summed E-state index contributed by atoms with van der Waals surface area (Å²) in [5.41, 5.74) is -0.290. The molecule has 0 radical (unpaired) electrons. The van der Waals surface area contributed by atoms with Crippen LogP contribution in [0.1, 0.15) is 43.5 Å². The molecule has 12 heteroatoms. The zero-order valence-corrected chi connectivity index (χ0v) is 24.1. The van der Waals surface area contributed by atoms with Crippen molar-refractivity contribution in [2.75, 3.05) is 24.5 Å². The molecular weight excluding hydrogens is 578 g/mol. The van der Waals surface area contributed by atoms with E-state index in [0.29, 0.717) is 42.0 Å². The largest absolute Gasteiger partial charge is 0.416 e. The minimum absolute atomic E-state index is 0.117. The summed E-state index contributed by atoms with van der Waals surface area (Å²) in [5.74, 6) is -0.999. The molecule has 6 rings (SSSR count). The average Bonchev–Trinajstić information content (AvgIpc) is 3.43. The summed E-state index contributed by atoms with van der Waals surface area (Å²) in [4.78, 5) is 34.8. The number of nitrogens with one attached hydrogen (secondary N) is 2. The zero-order valence-electron chi connectivity index (χ0n) is 24.1. The average molecular weight is 610 g/mol. The van der Waals surface area contributed by atoms with Crippen molar-refractivity contribution < 1.29 is 32.3 Å². The summed E-state index contributed by atoms with van der Waals surface area (Å²) in [5, 5.41) is 14.4. The molecule has 3 N–H and O–H groups in total. The zero-order chi connectivity index (χ0) is 31.4. The Morgan fingerprint density at radius 1 is 1.05 bits per heavy atom. The molecule has 4 aromatic rings. The Morgan fingerprint density at radius 3 is 2.57 bits per heavy atom. The number of imide groups is 1. The van der Waals surface area contributed by atoms with Crippen molar-refractivity contribution in [1.82, 2.24) is 20.2 Å². The Labute approximate surface area is 250 Å². The van der Waals surface area contributed by atoms with Crippen molar-refractivity contribution in [2.45, 2.75) is 45.0 Å². The van der Waals surface area contributed by atoms with Crippen molar-refractivity contribution in [3.05, 3.63) is 83.6 Å². The first-order valence-corrected chi connectivity index (χ1v) is 14.2. The third-order valence-corrected chi connectivity index (χ3v) is 8.78. The number of alkyl halides is 3. The summed E-state index contributed by atoms with van der Waals surface area (Å²) in [7, 11) is 0. The summed E-state index contributed by atoms with van der Waals surface area (Å²) in [6, 6.07) is 11.1. The molecule has 2 fully saturated rings. The summed E-state index contributed by atoms with van der Waals surface area (Å²) in [6.07, 6.45) is -0.958. The Balaban J connectivity index is 1.22. The number of piperidine rings is 1. The molecule has 1 atom stereocenters. The summed E-state index contributed by atoms with van der Waals surface area (Å²) < 4.78 is 55.8. The van der Waals surface area contributed by atoms with Crippen LogP contribution in [0, 0.1) is 11.2 Å². The Kier molecular flexibility index (Phi) is 7.24. The van der Waals surface area contributed by atoms with Crippen LogP contribution >= 0.6 is 0 Å². The Hall–Kier alpha value is -4.29.